The molecular weight excluding hydrogens is 318 g/mol. The van der Waals surface area contributed by atoms with Crippen molar-refractivity contribution in [1.29, 1.82) is 0 Å². The molecule has 5 heteroatoms. The van der Waals surface area contributed by atoms with Crippen molar-refractivity contribution in [3.8, 4) is 5.75 Å². The van der Waals surface area contributed by atoms with Gasteiger partial charge >= 0.3 is 5.97 Å². The SMILES string of the molecule is CCOC(=O)CCC(=O)c1ccc(OCCCN2CCCC2)cc1C. The minimum absolute atomic E-state index is 0.0360. The van der Waals surface area contributed by atoms with E-state index in [1.165, 1.54) is 25.9 Å². The normalized spacial score (nSPS) is 14.5. The predicted octanol–water partition coefficient (Wildman–Crippen LogP) is 3.39. The van der Waals surface area contributed by atoms with Crippen molar-refractivity contribution in [2.24, 2.45) is 0 Å². The Labute approximate surface area is 150 Å². The van der Waals surface area contributed by atoms with E-state index in [0.717, 1.165) is 24.3 Å². The summed E-state index contributed by atoms with van der Waals surface area (Å²) in [5.74, 6) is 0.429. The van der Waals surface area contributed by atoms with E-state index in [0.29, 0.717) is 18.8 Å². The highest BCUT2D eigenvalue weighted by atomic mass is 16.5. The lowest BCUT2D eigenvalue weighted by Gasteiger charge is -2.15. The van der Waals surface area contributed by atoms with Crippen LogP contribution in [0.2, 0.25) is 0 Å². The van der Waals surface area contributed by atoms with Crippen molar-refractivity contribution in [2.75, 3.05) is 32.8 Å². The summed E-state index contributed by atoms with van der Waals surface area (Å²) < 4.78 is 10.7. The lowest BCUT2D eigenvalue weighted by atomic mass is 10.0. The molecule has 1 saturated heterocycles. The quantitative estimate of drug-likeness (QED) is 0.369. The molecule has 5 nitrogen and oxygen atoms in total. The maximum atomic E-state index is 12.2. The Morgan fingerprint density at radius 3 is 2.60 bits per heavy atom. The molecule has 1 fully saturated rings. The average molecular weight is 347 g/mol. The van der Waals surface area contributed by atoms with Gasteiger partial charge in [0, 0.05) is 18.5 Å². The number of aryl methyl sites for hydroxylation is 1. The molecule has 25 heavy (non-hydrogen) atoms. The van der Waals surface area contributed by atoms with E-state index in [9.17, 15) is 9.59 Å². The van der Waals surface area contributed by atoms with Crippen molar-refractivity contribution < 1.29 is 19.1 Å². The molecule has 0 N–H and O–H groups in total. The molecule has 0 bridgehead atoms. The summed E-state index contributed by atoms with van der Waals surface area (Å²) in [5, 5.41) is 0. The van der Waals surface area contributed by atoms with E-state index in [-0.39, 0.29) is 24.6 Å². The first-order valence-corrected chi connectivity index (χ1v) is 9.24. The van der Waals surface area contributed by atoms with E-state index >= 15 is 0 Å². The molecule has 138 valence electrons. The first-order chi connectivity index (χ1) is 12.1. The van der Waals surface area contributed by atoms with Gasteiger partial charge in [0.15, 0.2) is 5.78 Å². The highest BCUT2D eigenvalue weighted by molar-refractivity contribution is 5.98. The molecule has 0 aliphatic carbocycles. The van der Waals surface area contributed by atoms with E-state index in [4.69, 9.17) is 9.47 Å². The Kier molecular flexibility index (Phi) is 7.92. The third-order valence-corrected chi connectivity index (χ3v) is 4.45. The van der Waals surface area contributed by atoms with Crippen molar-refractivity contribution in [3.05, 3.63) is 29.3 Å². The zero-order chi connectivity index (χ0) is 18.1. The van der Waals surface area contributed by atoms with E-state index in [2.05, 4.69) is 4.90 Å². The molecule has 2 rings (SSSR count). The monoisotopic (exact) mass is 347 g/mol. The maximum absolute atomic E-state index is 12.2. The number of carbonyl (C=O) groups is 2. The molecule has 0 saturated carbocycles. The summed E-state index contributed by atoms with van der Waals surface area (Å²) in [5.41, 5.74) is 1.53. The standard InChI is InChI=1S/C20H29NO4/c1-3-24-20(23)10-9-19(22)18-8-7-17(15-16(18)2)25-14-6-13-21-11-4-5-12-21/h7-8,15H,3-6,9-14H2,1-2H3. The number of carbonyl (C=O) groups excluding carboxylic acids is 2. The largest absolute Gasteiger partial charge is 0.494 e. The maximum Gasteiger partial charge on any atom is 0.306 e. The van der Waals surface area contributed by atoms with Gasteiger partial charge in [0.1, 0.15) is 5.75 Å². The van der Waals surface area contributed by atoms with Gasteiger partial charge < -0.3 is 14.4 Å². The van der Waals surface area contributed by atoms with E-state index in [1.54, 1.807) is 13.0 Å². The van der Waals surface area contributed by atoms with Crippen LogP contribution in [0, 0.1) is 6.92 Å². The van der Waals surface area contributed by atoms with Gasteiger partial charge in [-0.3, -0.25) is 9.59 Å². The Morgan fingerprint density at radius 2 is 1.92 bits per heavy atom. The molecule has 0 spiro atoms. The molecule has 0 aromatic heterocycles. The average Bonchev–Trinajstić information content (AvgIpc) is 3.10. The Morgan fingerprint density at radius 1 is 1.16 bits per heavy atom. The van der Waals surface area contributed by atoms with Crippen LogP contribution in [-0.4, -0.2) is 49.5 Å². The fourth-order valence-electron chi connectivity index (χ4n) is 3.11. The number of hydrogen-bond donors (Lipinski definition) is 0. The number of likely N-dealkylation sites (tertiary alicyclic amines) is 1. The molecule has 0 amide bonds. The number of Topliss-reactive ketones (excluding diaryl/α,β-unsaturated/α-hetero) is 1. The fraction of sp³-hybridized carbons (Fsp3) is 0.600. The number of nitrogens with zero attached hydrogens (tertiary/aromatic N) is 1. The van der Waals surface area contributed by atoms with Crippen LogP contribution < -0.4 is 4.74 Å². The summed E-state index contributed by atoms with van der Waals surface area (Å²) in [6.07, 6.45) is 3.94. The summed E-state index contributed by atoms with van der Waals surface area (Å²) in [6.45, 7) is 8.19. The van der Waals surface area contributed by atoms with Gasteiger partial charge in [-0.05, 0) is 70.0 Å². The second kappa shape index (κ2) is 10.2. The summed E-state index contributed by atoms with van der Waals surface area (Å²) in [4.78, 5) is 26.1. The highest BCUT2D eigenvalue weighted by Crippen LogP contribution is 2.19. The zero-order valence-corrected chi connectivity index (χ0v) is 15.4. The number of esters is 1. The molecule has 1 aliphatic rings. The van der Waals surface area contributed by atoms with Crippen LogP contribution >= 0.6 is 0 Å². The smallest absolute Gasteiger partial charge is 0.306 e. The summed E-state index contributed by atoms with van der Waals surface area (Å²) in [7, 11) is 0. The minimum atomic E-state index is -0.327. The Bertz CT molecular complexity index is 579. The minimum Gasteiger partial charge on any atom is -0.494 e. The van der Waals surface area contributed by atoms with Crippen LogP contribution in [-0.2, 0) is 9.53 Å². The number of benzene rings is 1. The van der Waals surface area contributed by atoms with E-state index in [1.807, 2.05) is 19.1 Å². The third kappa shape index (κ3) is 6.50. The second-order valence-electron chi connectivity index (χ2n) is 6.46. The number of hydrogen-bond acceptors (Lipinski definition) is 5. The van der Waals surface area contributed by atoms with Crippen molar-refractivity contribution in [2.45, 2.75) is 46.0 Å². The molecule has 0 atom stereocenters. The van der Waals surface area contributed by atoms with E-state index < -0.39 is 0 Å². The lowest BCUT2D eigenvalue weighted by molar-refractivity contribution is -0.143. The molecule has 0 radical (unpaired) electrons. The molecule has 1 aliphatic heterocycles. The van der Waals surface area contributed by atoms with Crippen LogP contribution in [0.4, 0.5) is 0 Å². The number of rotatable bonds is 10. The zero-order valence-electron chi connectivity index (χ0n) is 15.4. The van der Waals surface area contributed by atoms with Crippen molar-refractivity contribution in [3.63, 3.8) is 0 Å². The van der Waals surface area contributed by atoms with Crippen LogP contribution in [0.25, 0.3) is 0 Å². The van der Waals surface area contributed by atoms with Gasteiger partial charge in [-0.2, -0.15) is 0 Å². The van der Waals surface area contributed by atoms with Crippen LogP contribution in [0.1, 0.15) is 54.9 Å². The number of ketones is 1. The molecule has 1 aromatic carbocycles. The van der Waals surface area contributed by atoms with Crippen LogP contribution in [0.5, 0.6) is 5.75 Å². The molecule has 1 aromatic rings. The first kappa shape index (κ1) is 19.4. The summed E-state index contributed by atoms with van der Waals surface area (Å²) in [6, 6.07) is 5.52. The Hall–Kier alpha value is -1.88. The molecule has 1 heterocycles. The lowest BCUT2D eigenvalue weighted by Crippen LogP contribution is -2.21. The predicted molar refractivity (Wildman–Crippen MR) is 97.2 cm³/mol. The fourth-order valence-corrected chi connectivity index (χ4v) is 3.11. The molecule has 0 unspecified atom stereocenters. The number of ether oxygens (including phenoxy) is 2. The Balaban J connectivity index is 1.76. The van der Waals surface area contributed by atoms with Gasteiger partial charge in [-0.25, -0.2) is 0 Å². The third-order valence-electron chi connectivity index (χ3n) is 4.45. The van der Waals surface area contributed by atoms with Crippen molar-refractivity contribution >= 4 is 11.8 Å². The van der Waals surface area contributed by atoms with Gasteiger partial charge in [0.05, 0.1) is 19.6 Å². The van der Waals surface area contributed by atoms with Gasteiger partial charge in [-0.1, -0.05) is 0 Å². The van der Waals surface area contributed by atoms with Crippen LogP contribution in [0.15, 0.2) is 18.2 Å². The van der Waals surface area contributed by atoms with Crippen molar-refractivity contribution in [1.82, 2.24) is 4.90 Å². The van der Waals surface area contributed by atoms with Gasteiger partial charge in [0.25, 0.3) is 0 Å². The summed E-state index contributed by atoms with van der Waals surface area (Å²) >= 11 is 0. The van der Waals surface area contributed by atoms with Crippen LogP contribution in [0.3, 0.4) is 0 Å². The first-order valence-electron chi connectivity index (χ1n) is 9.24. The highest BCUT2D eigenvalue weighted by Gasteiger charge is 2.13. The topological polar surface area (TPSA) is 55.8 Å². The molecular formula is C20H29NO4. The second-order valence-corrected chi connectivity index (χ2v) is 6.46. The van der Waals surface area contributed by atoms with Gasteiger partial charge in [-0.15, -0.1) is 0 Å². The van der Waals surface area contributed by atoms with Gasteiger partial charge in [0.2, 0.25) is 0 Å².